The van der Waals surface area contributed by atoms with Gasteiger partial charge in [0.1, 0.15) is 18.8 Å². The predicted octanol–water partition coefficient (Wildman–Crippen LogP) is 0.321. The lowest BCUT2D eigenvalue weighted by Gasteiger charge is -2.25. The third kappa shape index (κ3) is 2.08. The Bertz CT molecular complexity index is 313. The van der Waals surface area contributed by atoms with Gasteiger partial charge in [0.15, 0.2) is 5.84 Å². The van der Waals surface area contributed by atoms with Gasteiger partial charge >= 0.3 is 0 Å². The van der Waals surface area contributed by atoms with Crippen LogP contribution in [0.3, 0.4) is 0 Å². The minimum Gasteiger partial charge on any atom is -0.409 e. The summed E-state index contributed by atoms with van der Waals surface area (Å²) in [6.07, 6.45) is 1.76. The summed E-state index contributed by atoms with van der Waals surface area (Å²) in [7, 11) is 0. The van der Waals surface area contributed by atoms with Gasteiger partial charge < -0.3 is 10.3 Å². The van der Waals surface area contributed by atoms with Gasteiger partial charge in [-0.2, -0.15) is 5.10 Å². The molecule has 0 saturated carbocycles. The largest absolute Gasteiger partial charge is 0.409 e. The number of rotatable bonds is 1. The molecular formula is C8H14N4O2. The van der Waals surface area contributed by atoms with E-state index in [2.05, 4.69) is 15.2 Å². The van der Waals surface area contributed by atoms with Crippen LogP contribution in [-0.4, -0.2) is 37.0 Å². The Balaban J connectivity index is 2.96. The van der Waals surface area contributed by atoms with E-state index in [4.69, 9.17) is 5.21 Å². The summed E-state index contributed by atoms with van der Waals surface area (Å²) in [6.45, 7) is 5.50. The van der Waals surface area contributed by atoms with Gasteiger partial charge in [-0.25, -0.2) is 9.67 Å². The lowest BCUT2D eigenvalue weighted by molar-refractivity contribution is 0.114. The molecule has 6 nitrogen and oxygen atoms in total. The summed E-state index contributed by atoms with van der Waals surface area (Å²) in [5, 5.41) is 25.4. The van der Waals surface area contributed by atoms with Gasteiger partial charge in [0.2, 0.25) is 0 Å². The molecule has 78 valence electrons. The fraction of sp³-hybridized carbons (Fsp3) is 0.625. The second kappa shape index (κ2) is 3.75. The Kier molecular flexibility index (Phi) is 2.85. The van der Waals surface area contributed by atoms with Crippen LogP contribution in [0.15, 0.2) is 17.8 Å². The second-order valence-electron chi connectivity index (χ2n) is 4.07. The van der Waals surface area contributed by atoms with Crippen LogP contribution in [0, 0.1) is 5.41 Å². The quantitative estimate of drug-likeness (QED) is 0.294. The van der Waals surface area contributed by atoms with Crippen molar-refractivity contribution in [2.75, 3.05) is 0 Å². The van der Waals surface area contributed by atoms with E-state index in [0.29, 0.717) is 0 Å². The molecule has 0 aliphatic carbocycles. The minimum atomic E-state index is -0.908. The van der Waals surface area contributed by atoms with E-state index < -0.39 is 11.5 Å². The number of oxime groups is 1. The molecule has 0 amide bonds. The number of aliphatic hydroxyl groups is 1. The maximum atomic E-state index is 9.84. The Morgan fingerprint density at radius 2 is 2.14 bits per heavy atom. The molecule has 14 heavy (non-hydrogen) atoms. The zero-order valence-electron chi connectivity index (χ0n) is 8.42. The van der Waals surface area contributed by atoms with E-state index in [0.717, 1.165) is 0 Å². The zero-order chi connectivity index (χ0) is 10.8. The second-order valence-corrected chi connectivity index (χ2v) is 4.07. The maximum Gasteiger partial charge on any atom is 0.199 e. The van der Waals surface area contributed by atoms with Crippen molar-refractivity contribution < 1.29 is 10.3 Å². The highest BCUT2D eigenvalue weighted by molar-refractivity contribution is 5.87. The molecule has 0 spiro atoms. The van der Waals surface area contributed by atoms with E-state index in [1.807, 2.05) is 20.8 Å². The summed E-state index contributed by atoms with van der Waals surface area (Å²) < 4.78 is 1.23. The van der Waals surface area contributed by atoms with E-state index in [9.17, 15) is 5.11 Å². The third-order valence-electron chi connectivity index (χ3n) is 1.82. The summed E-state index contributed by atoms with van der Waals surface area (Å²) in [5.41, 5.74) is -0.423. The van der Waals surface area contributed by atoms with Gasteiger partial charge in [0.05, 0.1) is 0 Å². The topological polar surface area (TPSA) is 83.5 Å². The van der Waals surface area contributed by atoms with E-state index in [1.165, 1.54) is 17.3 Å². The van der Waals surface area contributed by atoms with Crippen molar-refractivity contribution in [2.45, 2.75) is 26.9 Å². The van der Waals surface area contributed by atoms with Crippen LogP contribution in [-0.2, 0) is 0 Å². The number of aromatic nitrogens is 3. The van der Waals surface area contributed by atoms with Crippen LogP contribution in [0.1, 0.15) is 20.8 Å². The van der Waals surface area contributed by atoms with Crippen LogP contribution < -0.4 is 0 Å². The molecule has 6 heteroatoms. The SMILES string of the molecule is CC(C)(C)C(O)C(=NO)n1cncn1. The normalized spacial score (nSPS) is 15.6. The molecule has 1 aromatic rings. The highest BCUT2D eigenvalue weighted by atomic mass is 16.4. The highest BCUT2D eigenvalue weighted by Gasteiger charge is 2.29. The van der Waals surface area contributed by atoms with Gasteiger partial charge in [0.25, 0.3) is 0 Å². The number of hydrogen-bond acceptors (Lipinski definition) is 5. The summed E-state index contributed by atoms with van der Waals surface area (Å²) in [5.74, 6) is 0.0648. The smallest absolute Gasteiger partial charge is 0.199 e. The van der Waals surface area contributed by atoms with Crippen molar-refractivity contribution in [3.8, 4) is 0 Å². The van der Waals surface area contributed by atoms with Crippen molar-refractivity contribution in [2.24, 2.45) is 10.6 Å². The zero-order valence-corrected chi connectivity index (χ0v) is 8.42. The van der Waals surface area contributed by atoms with Gasteiger partial charge in [-0.05, 0) is 5.41 Å². The number of nitrogens with zero attached hydrogens (tertiary/aromatic N) is 4. The predicted molar refractivity (Wildman–Crippen MR) is 50.1 cm³/mol. The van der Waals surface area contributed by atoms with Crippen molar-refractivity contribution in [3.05, 3.63) is 12.7 Å². The van der Waals surface area contributed by atoms with E-state index in [1.54, 1.807) is 0 Å². The molecule has 0 aliphatic rings. The average molecular weight is 198 g/mol. The minimum absolute atomic E-state index is 0.0648. The first kappa shape index (κ1) is 10.6. The van der Waals surface area contributed by atoms with Crippen LogP contribution >= 0.6 is 0 Å². The fourth-order valence-electron chi connectivity index (χ4n) is 0.940. The first-order valence-corrected chi connectivity index (χ1v) is 4.22. The van der Waals surface area contributed by atoms with E-state index in [-0.39, 0.29) is 5.84 Å². The van der Waals surface area contributed by atoms with Crippen LogP contribution in [0.5, 0.6) is 0 Å². The lowest BCUT2D eigenvalue weighted by atomic mass is 9.88. The Morgan fingerprint density at radius 1 is 1.50 bits per heavy atom. The lowest BCUT2D eigenvalue weighted by Crippen LogP contribution is -2.38. The molecular weight excluding hydrogens is 184 g/mol. The fourth-order valence-corrected chi connectivity index (χ4v) is 0.940. The molecule has 0 fully saturated rings. The summed E-state index contributed by atoms with van der Waals surface area (Å²) in [6, 6.07) is 0. The number of hydrogen-bond donors (Lipinski definition) is 2. The first-order chi connectivity index (χ1) is 6.46. The molecule has 1 rings (SSSR count). The Morgan fingerprint density at radius 3 is 2.50 bits per heavy atom. The summed E-state index contributed by atoms with van der Waals surface area (Å²) in [4.78, 5) is 3.70. The molecule has 0 radical (unpaired) electrons. The molecule has 0 bridgehead atoms. The van der Waals surface area contributed by atoms with Crippen molar-refractivity contribution in [1.82, 2.24) is 14.8 Å². The van der Waals surface area contributed by atoms with Crippen LogP contribution in [0.4, 0.5) is 0 Å². The first-order valence-electron chi connectivity index (χ1n) is 4.22. The van der Waals surface area contributed by atoms with Crippen LogP contribution in [0.25, 0.3) is 0 Å². The van der Waals surface area contributed by atoms with Crippen molar-refractivity contribution in [3.63, 3.8) is 0 Å². The van der Waals surface area contributed by atoms with Gasteiger partial charge in [-0.3, -0.25) is 0 Å². The Hall–Kier alpha value is -1.43. The average Bonchev–Trinajstić information content (AvgIpc) is 2.57. The molecule has 0 saturated heterocycles. The molecule has 1 heterocycles. The highest BCUT2D eigenvalue weighted by Crippen LogP contribution is 2.20. The third-order valence-corrected chi connectivity index (χ3v) is 1.82. The van der Waals surface area contributed by atoms with Gasteiger partial charge in [-0.1, -0.05) is 25.9 Å². The van der Waals surface area contributed by atoms with Crippen molar-refractivity contribution >= 4 is 5.84 Å². The maximum absolute atomic E-state index is 9.84. The van der Waals surface area contributed by atoms with Crippen molar-refractivity contribution in [1.29, 1.82) is 0 Å². The monoisotopic (exact) mass is 198 g/mol. The molecule has 1 unspecified atom stereocenters. The molecule has 1 atom stereocenters. The molecule has 1 aromatic heterocycles. The van der Waals surface area contributed by atoms with E-state index >= 15 is 0 Å². The molecule has 0 aromatic carbocycles. The molecule has 0 aliphatic heterocycles. The summed E-state index contributed by atoms with van der Waals surface area (Å²) >= 11 is 0. The van der Waals surface area contributed by atoms with Crippen LogP contribution in [0.2, 0.25) is 0 Å². The Labute approximate surface area is 81.9 Å². The molecule has 2 N–H and O–H groups in total. The van der Waals surface area contributed by atoms with Gasteiger partial charge in [-0.15, -0.1) is 0 Å². The number of aliphatic hydroxyl groups excluding tert-OH is 1. The van der Waals surface area contributed by atoms with Gasteiger partial charge in [0, 0.05) is 0 Å². The standard InChI is InChI=1S/C8H14N4O2/c1-8(2,3)6(13)7(11-14)12-5-9-4-10-12/h4-6,13-14H,1-3H3.